The van der Waals surface area contributed by atoms with Crippen molar-refractivity contribution < 1.29 is 37.1 Å². The Labute approximate surface area is 407 Å². The molecule has 0 bridgehead atoms. The molecule has 69 heavy (non-hydrogen) atoms. The highest BCUT2D eigenvalue weighted by atomic mass is 35.5. The highest BCUT2D eigenvalue weighted by molar-refractivity contribution is 6.34. The van der Waals surface area contributed by atoms with Crippen LogP contribution < -0.4 is 26.4 Å². The van der Waals surface area contributed by atoms with E-state index in [2.05, 4.69) is 32.1 Å². The van der Waals surface area contributed by atoms with Crippen molar-refractivity contribution >= 4 is 63.8 Å². The van der Waals surface area contributed by atoms with E-state index in [9.17, 15) is 32.3 Å². The summed E-state index contributed by atoms with van der Waals surface area (Å²) in [5.74, 6) is 2.97. The second kappa shape index (κ2) is 22.4. The summed E-state index contributed by atoms with van der Waals surface area (Å²) in [6, 6.07) is 11.0. The van der Waals surface area contributed by atoms with E-state index in [-0.39, 0.29) is 47.3 Å². The molecule has 3 aromatic carbocycles. The largest absolute Gasteiger partial charge is 0.496 e. The number of likely N-dealkylation sites (tertiary alicyclic amines) is 2. The van der Waals surface area contributed by atoms with Crippen LogP contribution in [0.25, 0.3) is 10.9 Å². The van der Waals surface area contributed by atoms with Gasteiger partial charge < -0.3 is 41.0 Å². The molecule has 2 aliphatic heterocycles. The first-order valence-electron chi connectivity index (χ1n) is 24.1. The van der Waals surface area contributed by atoms with E-state index in [0.29, 0.717) is 70.9 Å². The first-order chi connectivity index (χ1) is 32.9. The van der Waals surface area contributed by atoms with Crippen LogP contribution in [0.3, 0.4) is 0 Å². The first-order valence-corrected chi connectivity index (χ1v) is 24.5. The van der Waals surface area contributed by atoms with Crippen LogP contribution in [0, 0.1) is 24.7 Å². The second-order valence-electron chi connectivity index (χ2n) is 19.2. The van der Waals surface area contributed by atoms with Crippen molar-refractivity contribution in [3.63, 3.8) is 0 Å². The predicted molar refractivity (Wildman–Crippen MR) is 263 cm³/mol. The van der Waals surface area contributed by atoms with Gasteiger partial charge in [0.15, 0.2) is 0 Å². The van der Waals surface area contributed by atoms with Gasteiger partial charge in [-0.25, -0.2) is 14.8 Å². The summed E-state index contributed by atoms with van der Waals surface area (Å²) >= 11 is 6.36. The lowest BCUT2D eigenvalue weighted by Gasteiger charge is -2.37. The first kappa shape index (κ1) is 51.2. The number of aromatic nitrogens is 2. The number of ether oxygens (including phenoxy) is 1. The molecule has 7 rings (SSSR count). The summed E-state index contributed by atoms with van der Waals surface area (Å²) < 4.78 is 46.8. The maximum atomic E-state index is 13.9. The Bertz CT molecular complexity index is 2490. The van der Waals surface area contributed by atoms with Gasteiger partial charge in [-0.3, -0.25) is 14.5 Å². The zero-order chi connectivity index (χ0) is 49.6. The Morgan fingerprint density at radius 2 is 1.61 bits per heavy atom. The number of hydrogen-bond donors (Lipinski definition) is 3. The third-order valence-electron chi connectivity index (χ3n) is 14.4. The number of amides is 4. The van der Waals surface area contributed by atoms with Crippen LogP contribution in [0.2, 0.25) is 5.02 Å². The average Bonchev–Trinajstić information content (AvgIpc) is 3.33. The maximum Gasteiger partial charge on any atom is 0.416 e. The number of nitrogens with two attached hydrogens (primary N) is 2. The molecule has 0 unspecified atom stereocenters. The number of rotatable bonds is 16. The van der Waals surface area contributed by atoms with Crippen molar-refractivity contribution in [2.24, 2.45) is 23.5 Å². The van der Waals surface area contributed by atoms with Crippen molar-refractivity contribution in [1.29, 1.82) is 0 Å². The topological polar surface area (TPSA) is 180 Å². The highest BCUT2D eigenvalue weighted by Crippen LogP contribution is 2.43. The lowest BCUT2D eigenvalue weighted by atomic mass is 9.77. The molecule has 1 aromatic heterocycles. The van der Waals surface area contributed by atoms with Gasteiger partial charge in [-0.1, -0.05) is 11.6 Å². The molecule has 1 saturated carbocycles. The van der Waals surface area contributed by atoms with E-state index in [1.165, 1.54) is 11.0 Å². The fourth-order valence-corrected chi connectivity index (χ4v) is 10.7. The normalized spacial score (nSPS) is 18.9. The van der Waals surface area contributed by atoms with Crippen LogP contribution >= 0.6 is 11.6 Å². The SMILES string of the molecule is COc1cc2nc(C)nc(N[C@H](C)c3cc(N)cc(C(F)(F)F)c3)c2cc1[C@H]1CC[C@H](C(=O)N2CCC(CCN(C)CC3CCN(C(=O)c4ccc(Cl)c(N(CCC=O)C(N)=O)c4)CC3)CC2)CC1. The highest BCUT2D eigenvalue weighted by Gasteiger charge is 2.35. The molecular weight excluding hydrogens is 911 g/mol. The minimum absolute atomic E-state index is 0.0291. The number of piperidine rings is 2. The number of nitrogen functional groups attached to an aromatic ring is 1. The number of fused-ring (bicyclic) bond motifs is 1. The molecule has 5 N–H and O–H groups in total. The summed E-state index contributed by atoms with van der Waals surface area (Å²) in [6.07, 6.45) is 4.26. The van der Waals surface area contributed by atoms with Gasteiger partial charge in [-0.05, 0) is 157 Å². The van der Waals surface area contributed by atoms with E-state index in [4.69, 9.17) is 27.8 Å². The van der Waals surface area contributed by atoms with Crippen LogP contribution in [0.4, 0.5) is 35.2 Å². The zero-order valence-electron chi connectivity index (χ0n) is 40.0. The van der Waals surface area contributed by atoms with E-state index >= 15 is 0 Å². The molecule has 4 amide bonds. The number of alkyl halides is 3. The number of urea groups is 1. The number of anilines is 3. The Balaban J connectivity index is 0.859. The zero-order valence-corrected chi connectivity index (χ0v) is 40.8. The second-order valence-corrected chi connectivity index (χ2v) is 19.6. The van der Waals surface area contributed by atoms with Gasteiger partial charge in [-0.2, -0.15) is 13.2 Å². The summed E-state index contributed by atoms with van der Waals surface area (Å²) in [7, 11) is 3.80. The van der Waals surface area contributed by atoms with Crippen molar-refractivity contribution in [2.45, 2.75) is 96.2 Å². The smallest absolute Gasteiger partial charge is 0.416 e. The quantitative estimate of drug-likeness (QED) is 0.0724. The monoisotopic (exact) mass is 975 g/mol. The molecule has 2 saturated heterocycles. The summed E-state index contributed by atoms with van der Waals surface area (Å²) in [4.78, 5) is 67.2. The van der Waals surface area contributed by atoms with Gasteiger partial charge in [0.2, 0.25) is 5.91 Å². The molecule has 1 atom stereocenters. The van der Waals surface area contributed by atoms with Crippen LogP contribution in [0.1, 0.15) is 116 Å². The van der Waals surface area contributed by atoms with E-state index < -0.39 is 23.8 Å². The van der Waals surface area contributed by atoms with Crippen molar-refractivity contribution in [3.05, 3.63) is 81.6 Å². The van der Waals surface area contributed by atoms with Crippen molar-refractivity contribution in [1.82, 2.24) is 24.7 Å². The third-order valence-corrected chi connectivity index (χ3v) is 14.7. The van der Waals surface area contributed by atoms with Gasteiger partial charge in [0.05, 0.1) is 34.9 Å². The molecule has 3 aliphatic rings. The van der Waals surface area contributed by atoms with Gasteiger partial charge in [0.25, 0.3) is 5.91 Å². The number of aldehydes is 1. The molecular formula is C51H65ClF3N9O5. The predicted octanol–water partition coefficient (Wildman–Crippen LogP) is 9.24. The third kappa shape index (κ3) is 12.6. The number of halogens is 4. The number of hydrogen-bond acceptors (Lipinski definition) is 10. The Morgan fingerprint density at radius 3 is 2.26 bits per heavy atom. The number of nitrogens with zero attached hydrogens (tertiary/aromatic N) is 6. The number of nitrogens with one attached hydrogen (secondary N) is 1. The number of methoxy groups -OCH3 is 1. The van der Waals surface area contributed by atoms with Gasteiger partial charge in [-0.15, -0.1) is 0 Å². The molecule has 0 spiro atoms. The number of aryl methyl sites for hydroxylation is 1. The van der Waals surface area contributed by atoms with E-state index in [1.54, 1.807) is 39.2 Å². The number of carbonyl (C=O) groups excluding carboxylic acids is 4. The average molecular weight is 977 g/mol. The molecule has 3 heterocycles. The lowest BCUT2D eigenvalue weighted by molar-refractivity contribution is -0.138. The van der Waals surface area contributed by atoms with Gasteiger partial charge >= 0.3 is 12.2 Å². The minimum atomic E-state index is -4.53. The fourth-order valence-electron chi connectivity index (χ4n) is 10.4. The molecule has 14 nitrogen and oxygen atoms in total. The van der Waals surface area contributed by atoms with Gasteiger partial charge in [0, 0.05) is 74.3 Å². The van der Waals surface area contributed by atoms with Crippen LogP contribution in [-0.4, -0.2) is 109 Å². The molecule has 18 heteroatoms. The van der Waals surface area contributed by atoms with Crippen LogP contribution in [-0.2, 0) is 15.8 Å². The Hall–Kier alpha value is -5.68. The van der Waals surface area contributed by atoms with E-state index in [0.717, 1.165) is 107 Å². The summed E-state index contributed by atoms with van der Waals surface area (Å²) in [6.45, 7) is 8.35. The number of carbonyl (C=O) groups is 4. The Morgan fingerprint density at radius 1 is 0.928 bits per heavy atom. The molecule has 0 radical (unpaired) electrons. The van der Waals surface area contributed by atoms with Crippen molar-refractivity contribution in [3.8, 4) is 5.75 Å². The van der Waals surface area contributed by atoms with Gasteiger partial charge in [0.1, 0.15) is 23.7 Å². The van der Waals surface area contributed by atoms with E-state index in [1.807, 2.05) is 17.0 Å². The summed E-state index contributed by atoms with van der Waals surface area (Å²) in [5, 5.41) is 4.34. The molecule has 1 aliphatic carbocycles. The summed E-state index contributed by atoms with van der Waals surface area (Å²) in [5.41, 5.74) is 13.4. The standard InChI is InChI=1S/C51H65ClF3N9O5/c1-31(38-24-39(51(53,54)55)27-40(56)25-38)58-47-42-28-41(46(69-4)29-44(42)59-32(2)60-47)35-6-8-36(9-7-35)48(66)62-19-13-33(14-20-62)12-18-61(3)30-34-15-21-63(22-16-34)49(67)37-10-11-43(52)45(26-37)64(50(57)68)17-5-23-65/h10-11,23-29,31,33-36H,5-9,12-22,30,56H2,1-4H3,(H2,57,68)(H,58,59,60)/t31-,35-,36-/m1/s1. The maximum absolute atomic E-state index is 13.9. The van der Waals surface area contributed by atoms with Crippen LogP contribution in [0.5, 0.6) is 5.75 Å². The molecule has 4 aromatic rings. The number of primary amides is 1. The fraction of sp³-hybridized carbons (Fsp3) is 0.529. The van der Waals surface area contributed by atoms with Crippen molar-refractivity contribution in [2.75, 3.05) is 75.9 Å². The minimum Gasteiger partial charge on any atom is -0.496 e. The molecule has 3 fully saturated rings. The Kier molecular flexibility index (Phi) is 16.6. The lowest BCUT2D eigenvalue weighted by Crippen LogP contribution is -2.43. The van der Waals surface area contributed by atoms with Crippen LogP contribution in [0.15, 0.2) is 48.5 Å². The molecule has 372 valence electrons. The number of benzene rings is 3.